The molecule has 2 atom stereocenters. The molecule has 0 aromatic heterocycles. The zero-order chi connectivity index (χ0) is 24.2. The predicted octanol–water partition coefficient (Wildman–Crippen LogP) is 2.11. The van der Waals surface area contributed by atoms with Crippen LogP contribution in [-0.4, -0.2) is 65.7 Å². The minimum Gasteiger partial charge on any atom is -0.481 e. The van der Waals surface area contributed by atoms with Crippen LogP contribution in [-0.2, 0) is 19.1 Å². The lowest BCUT2D eigenvalue weighted by Crippen LogP contribution is -2.61. The van der Waals surface area contributed by atoms with Crippen molar-refractivity contribution in [2.45, 2.75) is 37.8 Å². The van der Waals surface area contributed by atoms with Gasteiger partial charge in [0.1, 0.15) is 18.7 Å². The number of nitrogens with zero attached hydrogens (tertiary/aromatic N) is 1. The first-order valence-electron chi connectivity index (χ1n) is 11.3. The summed E-state index contributed by atoms with van der Waals surface area (Å²) in [6, 6.07) is 13.8. The maximum atomic E-state index is 13.1. The summed E-state index contributed by atoms with van der Waals surface area (Å²) in [6.07, 6.45) is -1.11. The molecule has 2 aromatic rings. The van der Waals surface area contributed by atoms with Crippen LogP contribution in [0.1, 0.15) is 36.8 Å². The second-order valence-electron chi connectivity index (χ2n) is 8.37. The molecule has 178 valence electrons. The number of piperazine rings is 1. The number of aliphatic carboxylic acids is 1. The molecule has 0 radical (unpaired) electrons. The lowest BCUT2D eigenvalue weighted by atomic mass is 9.98. The van der Waals surface area contributed by atoms with Crippen molar-refractivity contribution >= 4 is 23.9 Å². The topological polar surface area (TPSA) is 125 Å². The quantitative estimate of drug-likeness (QED) is 0.575. The van der Waals surface area contributed by atoms with Gasteiger partial charge in [-0.3, -0.25) is 14.4 Å². The summed E-state index contributed by atoms with van der Waals surface area (Å²) < 4.78 is 5.47. The fraction of sp³-hybridized carbons (Fsp3) is 0.360. The zero-order valence-corrected chi connectivity index (χ0v) is 18.8. The molecule has 3 amide bonds. The number of carbonyl (C=O) groups is 4. The summed E-state index contributed by atoms with van der Waals surface area (Å²) in [7, 11) is 0. The molecule has 1 aliphatic heterocycles. The van der Waals surface area contributed by atoms with Crippen LogP contribution in [0.3, 0.4) is 0 Å². The Morgan fingerprint density at radius 2 is 1.74 bits per heavy atom. The van der Waals surface area contributed by atoms with Gasteiger partial charge >= 0.3 is 12.1 Å². The number of carboxylic acids is 1. The average Bonchev–Trinajstić information content (AvgIpc) is 3.15. The molecule has 0 spiro atoms. The minimum absolute atomic E-state index is 0.0392. The Morgan fingerprint density at radius 1 is 1.12 bits per heavy atom. The SMILES string of the molecule is CCC1C(=O)NCCN1C(=O)C(CC(=O)O)NC(=O)OCC1c2ccccc2-c2ccccc21. The number of carboxylic acid groups (broad SMARTS) is 1. The normalized spacial score (nSPS) is 17.9. The minimum atomic E-state index is -1.34. The maximum absolute atomic E-state index is 13.1. The van der Waals surface area contributed by atoms with Gasteiger partial charge in [-0.15, -0.1) is 0 Å². The molecule has 0 saturated carbocycles. The third-order valence-electron chi connectivity index (χ3n) is 6.31. The second-order valence-corrected chi connectivity index (χ2v) is 8.37. The van der Waals surface area contributed by atoms with Gasteiger partial charge < -0.3 is 25.4 Å². The van der Waals surface area contributed by atoms with Gasteiger partial charge in [-0.25, -0.2) is 4.79 Å². The number of rotatable bonds is 7. The monoisotopic (exact) mass is 465 g/mol. The number of hydrogen-bond donors (Lipinski definition) is 3. The molecule has 34 heavy (non-hydrogen) atoms. The number of carbonyl (C=O) groups excluding carboxylic acids is 3. The zero-order valence-electron chi connectivity index (χ0n) is 18.8. The van der Waals surface area contributed by atoms with E-state index in [1.165, 1.54) is 4.90 Å². The van der Waals surface area contributed by atoms with Gasteiger partial charge in [0, 0.05) is 19.0 Å². The highest BCUT2D eigenvalue weighted by atomic mass is 16.5. The fourth-order valence-electron chi connectivity index (χ4n) is 4.74. The van der Waals surface area contributed by atoms with Crippen molar-refractivity contribution in [2.24, 2.45) is 0 Å². The highest BCUT2D eigenvalue weighted by Gasteiger charge is 2.37. The smallest absolute Gasteiger partial charge is 0.407 e. The molecule has 0 bridgehead atoms. The van der Waals surface area contributed by atoms with E-state index in [2.05, 4.69) is 10.6 Å². The summed E-state index contributed by atoms with van der Waals surface area (Å²) in [4.78, 5) is 50.6. The Kier molecular flexibility index (Phi) is 6.81. The Labute approximate surface area is 197 Å². The summed E-state index contributed by atoms with van der Waals surface area (Å²) in [5.41, 5.74) is 4.25. The van der Waals surface area contributed by atoms with Crippen molar-refractivity contribution in [1.82, 2.24) is 15.5 Å². The van der Waals surface area contributed by atoms with Gasteiger partial charge in [-0.1, -0.05) is 55.5 Å². The van der Waals surface area contributed by atoms with E-state index in [4.69, 9.17) is 4.74 Å². The molecular formula is C25H27N3O6. The van der Waals surface area contributed by atoms with Crippen molar-refractivity contribution in [3.8, 4) is 11.1 Å². The third kappa shape index (κ3) is 4.59. The Hall–Kier alpha value is -3.88. The van der Waals surface area contributed by atoms with E-state index in [1.54, 1.807) is 6.92 Å². The van der Waals surface area contributed by atoms with E-state index >= 15 is 0 Å². The van der Waals surface area contributed by atoms with E-state index in [1.807, 2.05) is 48.5 Å². The van der Waals surface area contributed by atoms with Gasteiger partial charge in [0.05, 0.1) is 6.42 Å². The lowest BCUT2D eigenvalue weighted by Gasteiger charge is -2.36. The summed E-state index contributed by atoms with van der Waals surface area (Å²) in [5.74, 6) is -2.32. The van der Waals surface area contributed by atoms with Crippen LogP contribution in [0.25, 0.3) is 11.1 Å². The fourth-order valence-corrected chi connectivity index (χ4v) is 4.74. The van der Waals surface area contributed by atoms with E-state index in [9.17, 15) is 24.3 Å². The van der Waals surface area contributed by atoms with Crippen LogP contribution in [0.2, 0.25) is 0 Å². The van der Waals surface area contributed by atoms with Gasteiger partial charge in [0.15, 0.2) is 0 Å². The number of fused-ring (bicyclic) bond motifs is 3. The molecule has 1 saturated heterocycles. The molecule has 2 aliphatic rings. The van der Waals surface area contributed by atoms with Crippen molar-refractivity contribution in [1.29, 1.82) is 0 Å². The molecule has 1 aliphatic carbocycles. The number of alkyl carbamates (subject to hydrolysis) is 1. The van der Waals surface area contributed by atoms with E-state index in [0.717, 1.165) is 22.3 Å². The molecule has 2 unspecified atom stereocenters. The molecule has 9 heteroatoms. The van der Waals surface area contributed by atoms with Gasteiger partial charge in [0.25, 0.3) is 0 Å². The van der Waals surface area contributed by atoms with Crippen LogP contribution in [0.5, 0.6) is 0 Å². The second kappa shape index (κ2) is 9.94. The van der Waals surface area contributed by atoms with Crippen molar-refractivity contribution in [3.05, 3.63) is 59.7 Å². The molecule has 4 rings (SSSR count). The predicted molar refractivity (Wildman–Crippen MR) is 123 cm³/mol. The van der Waals surface area contributed by atoms with Crippen molar-refractivity contribution < 1.29 is 29.0 Å². The molecule has 9 nitrogen and oxygen atoms in total. The number of nitrogens with one attached hydrogen (secondary N) is 2. The van der Waals surface area contributed by atoms with E-state index in [-0.39, 0.29) is 31.5 Å². The van der Waals surface area contributed by atoms with Gasteiger partial charge in [-0.2, -0.15) is 0 Å². The summed E-state index contributed by atoms with van der Waals surface area (Å²) in [5, 5.41) is 14.4. The standard InChI is InChI=1S/C25H27N3O6/c1-2-21-23(31)26-11-12-28(21)24(32)20(13-22(29)30)27-25(33)34-14-19-17-9-5-3-7-15(17)16-8-4-6-10-18(16)19/h3-10,19-21H,2,11-14H2,1H3,(H,26,31)(H,27,33)(H,29,30). The van der Waals surface area contributed by atoms with Crippen LogP contribution in [0, 0.1) is 0 Å². The van der Waals surface area contributed by atoms with Crippen LogP contribution in [0.15, 0.2) is 48.5 Å². The van der Waals surface area contributed by atoms with Crippen LogP contribution < -0.4 is 10.6 Å². The molecule has 3 N–H and O–H groups in total. The largest absolute Gasteiger partial charge is 0.481 e. The van der Waals surface area contributed by atoms with Crippen molar-refractivity contribution in [2.75, 3.05) is 19.7 Å². The van der Waals surface area contributed by atoms with Crippen LogP contribution >= 0.6 is 0 Å². The van der Waals surface area contributed by atoms with Gasteiger partial charge in [-0.05, 0) is 28.7 Å². The van der Waals surface area contributed by atoms with E-state index < -0.39 is 36.5 Å². The first-order valence-corrected chi connectivity index (χ1v) is 11.3. The van der Waals surface area contributed by atoms with Crippen molar-refractivity contribution in [3.63, 3.8) is 0 Å². The Balaban J connectivity index is 1.45. The molecule has 1 fully saturated rings. The molecular weight excluding hydrogens is 438 g/mol. The third-order valence-corrected chi connectivity index (χ3v) is 6.31. The highest BCUT2D eigenvalue weighted by Crippen LogP contribution is 2.44. The van der Waals surface area contributed by atoms with Gasteiger partial charge in [0.2, 0.25) is 11.8 Å². The maximum Gasteiger partial charge on any atom is 0.407 e. The summed E-state index contributed by atoms with van der Waals surface area (Å²) >= 11 is 0. The number of benzene rings is 2. The Bertz CT molecular complexity index is 1070. The molecule has 2 aromatic carbocycles. The Morgan fingerprint density at radius 3 is 2.32 bits per heavy atom. The number of ether oxygens (including phenoxy) is 1. The van der Waals surface area contributed by atoms with Crippen LogP contribution in [0.4, 0.5) is 4.79 Å². The highest BCUT2D eigenvalue weighted by molar-refractivity contribution is 5.94. The first kappa shape index (κ1) is 23.3. The lowest BCUT2D eigenvalue weighted by molar-refractivity contribution is -0.147. The number of amides is 3. The molecule has 1 heterocycles. The first-order chi connectivity index (χ1) is 16.4. The summed E-state index contributed by atoms with van der Waals surface area (Å²) in [6.45, 7) is 2.32. The average molecular weight is 466 g/mol. The number of hydrogen-bond acceptors (Lipinski definition) is 5. The van der Waals surface area contributed by atoms with E-state index in [0.29, 0.717) is 6.42 Å².